The lowest BCUT2D eigenvalue weighted by molar-refractivity contribution is 0.141. The van der Waals surface area contributed by atoms with Crippen LogP contribution in [0.1, 0.15) is 31.2 Å². The summed E-state index contributed by atoms with van der Waals surface area (Å²) in [4.78, 5) is 4.65. The van der Waals surface area contributed by atoms with Gasteiger partial charge in [0, 0.05) is 19.1 Å². The van der Waals surface area contributed by atoms with Gasteiger partial charge in [-0.25, -0.2) is 4.98 Å². The minimum Gasteiger partial charge on any atom is -0.382 e. The summed E-state index contributed by atoms with van der Waals surface area (Å²) in [6.45, 7) is 5.87. The van der Waals surface area contributed by atoms with E-state index >= 15 is 0 Å². The van der Waals surface area contributed by atoms with E-state index in [0.29, 0.717) is 5.92 Å². The van der Waals surface area contributed by atoms with Crippen molar-refractivity contribution in [3.8, 4) is 0 Å². The molecule has 0 saturated carbocycles. The van der Waals surface area contributed by atoms with Gasteiger partial charge in [0.05, 0.1) is 15.2 Å². The summed E-state index contributed by atoms with van der Waals surface area (Å²) in [5, 5.41) is 1.22. The highest BCUT2D eigenvalue weighted by molar-refractivity contribution is 7.18. The van der Waals surface area contributed by atoms with Gasteiger partial charge in [-0.05, 0) is 25.5 Å². The quantitative estimate of drug-likeness (QED) is 0.735. The number of benzene rings is 1. The Bertz CT molecular complexity index is 419. The molecule has 2 rings (SSSR count). The normalized spacial score (nSPS) is 13.1. The van der Waals surface area contributed by atoms with E-state index in [2.05, 4.69) is 30.1 Å². The average Bonchev–Trinajstić information content (AvgIpc) is 2.73. The van der Waals surface area contributed by atoms with Gasteiger partial charge >= 0.3 is 0 Å². The topological polar surface area (TPSA) is 22.1 Å². The van der Waals surface area contributed by atoms with Crippen molar-refractivity contribution in [3.05, 3.63) is 29.3 Å². The fraction of sp³-hybridized carbons (Fsp3) is 0.462. The summed E-state index contributed by atoms with van der Waals surface area (Å²) in [7, 11) is 0. The van der Waals surface area contributed by atoms with Crippen LogP contribution < -0.4 is 0 Å². The van der Waals surface area contributed by atoms with E-state index in [4.69, 9.17) is 4.74 Å². The summed E-state index contributed by atoms with van der Waals surface area (Å²) >= 11 is 1.80. The van der Waals surface area contributed by atoms with Gasteiger partial charge in [0.1, 0.15) is 0 Å². The first-order chi connectivity index (χ1) is 7.81. The number of hydrogen-bond donors (Lipinski definition) is 0. The van der Waals surface area contributed by atoms with Gasteiger partial charge < -0.3 is 4.74 Å². The molecule has 0 saturated heterocycles. The number of rotatable bonds is 5. The summed E-state index contributed by atoms with van der Waals surface area (Å²) < 4.78 is 6.66. The van der Waals surface area contributed by atoms with Crippen LogP contribution >= 0.6 is 11.3 Å². The molecular weight excluding hydrogens is 218 g/mol. The van der Waals surface area contributed by atoms with Crippen LogP contribution in [-0.4, -0.2) is 18.2 Å². The molecule has 1 aromatic carbocycles. The lowest BCUT2D eigenvalue weighted by Gasteiger charge is -2.07. The van der Waals surface area contributed by atoms with Crippen LogP contribution in [0.15, 0.2) is 24.3 Å². The fourth-order valence-corrected chi connectivity index (χ4v) is 2.68. The Morgan fingerprint density at radius 1 is 1.38 bits per heavy atom. The first kappa shape index (κ1) is 11.6. The standard InChI is InChI=1S/C13H17NOS/c1-3-15-9-8-10(2)13-14-11-6-4-5-7-12(11)16-13/h4-7,10H,3,8-9H2,1-2H3. The maximum Gasteiger partial charge on any atom is 0.0967 e. The molecule has 0 spiro atoms. The Hall–Kier alpha value is -0.930. The smallest absolute Gasteiger partial charge is 0.0967 e. The van der Waals surface area contributed by atoms with E-state index in [0.717, 1.165) is 25.2 Å². The van der Waals surface area contributed by atoms with Crippen LogP contribution in [0.2, 0.25) is 0 Å². The van der Waals surface area contributed by atoms with Gasteiger partial charge in [0.25, 0.3) is 0 Å². The minimum atomic E-state index is 0.490. The predicted octanol–water partition coefficient (Wildman–Crippen LogP) is 3.83. The molecule has 1 atom stereocenters. The predicted molar refractivity (Wildman–Crippen MR) is 69.1 cm³/mol. The monoisotopic (exact) mass is 235 g/mol. The number of para-hydroxylation sites is 1. The van der Waals surface area contributed by atoms with Crippen LogP contribution in [0, 0.1) is 0 Å². The lowest BCUT2D eigenvalue weighted by atomic mass is 10.1. The molecule has 0 aliphatic rings. The second-order valence-corrected chi connectivity index (χ2v) is 4.97. The second-order valence-electron chi connectivity index (χ2n) is 3.91. The van der Waals surface area contributed by atoms with Crippen molar-refractivity contribution in [2.24, 2.45) is 0 Å². The molecule has 0 aliphatic carbocycles. The number of ether oxygens (including phenoxy) is 1. The fourth-order valence-electron chi connectivity index (χ4n) is 1.63. The zero-order valence-electron chi connectivity index (χ0n) is 9.77. The number of fused-ring (bicyclic) bond motifs is 1. The van der Waals surface area contributed by atoms with Gasteiger partial charge in [-0.1, -0.05) is 19.1 Å². The SMILES string of the molecule is CCOCCC(C)c1nc2ccccc2s1. The third-order valence-corrected chi connectivity index (χ3v) is 3.90. The maximum atomic E-state index is 5.38. The van der Waals surface area contributed by atoms with Crippen molar-refractivity contribution in [1.82, 2.24) is 4.98 Å². The van der Waals surface area contributed by atoms with E-state index in [1.54, 1.807) is 11.3 Å². The Morgan fingerprint density at radius 3 is 2.94 bits per heavy atom. The van der Waals surface area contributed by atoms with E-state index in [9.17, 15) is 0 Å². The molecule has 3 heteroatoms. The molecule has 0 amide bonds. The van der Waals surface area contributed by atoms with Crippen molar-refractivity contribution in [2.75, 3.05) is 13.2 Å². The summed E-state index contributed by atoms with van der Waals surface area (Å²) in [5.74, 6) is 0.490. The van der Waals surface area contributed by atoms with Crippen LogP contribution in [0.25, 0.3) is 10.2 Å². The third-order valence-electron chi connectivity index (χ3n) is 2.63. The molecule has 86 valence electrons. The maximum absolute atomic E-state index is 5.38. The first-order valence-electron chi connectivity index (χ1n) is 5.74. The number of hydrogen-bond acceptors (Lipinski definition) is 3. The zero-order chi connectivity index (χ0) is 11.4. The minimum absolute atomic E-state index is 0.490. The van der Waals surface area contributed by atoms with E-state index in [1.807, 2.05) is 13.0 Å². The molecule has 0 N–H and O–H groups in total. The largest absolute Gasteiger partial charge is 0.382 e. The van der Waals surface area contributed by atoms with Crippen molar-refractivity contribution < 1.29 is 4.74 Å². The summed E-state index contributed by atoms with van der Waals surface area (Å²) in [6.07, 6.45) is 1.05. The lowest BCUT2D eigenvalue weighted by Crippen LogP contribution is -2.00. The molecule has 1 unspecified atom stereocenters. The molecule has 16 heavy (non-hydrogen) atoms. The van der Waals surface area contributed by atoms with Gasteiger partial charge in [-0.3, -0.25) is 0 Å². The highest BCUT2D eigenvalue weighted by atomic mass is 32.1. The van der Waals surface area contributed by atoms with E-state index in [1.165, 1.54) is 9.71 Å². The number of aromatic nitrogens is 1. The van der Waals surface area contributed by atoms with E-state index < -0.39 is 0 Å². The molecule has 0 radical (unpaired) electrons. The molecule has 2 aromatic rings. The van der Waals surface area contributed by atoms with Crippen molar-refractivity contribution >= 4 is 21.6 Å². The van der Waals surface area contributed by atoms with Crippen LogP contribution in [0.3, 0.4) is 0 Å². The van der Waals surface area contributed by atoms with E-state index in [-0.39, 0.29) is 0 Å². The van der Waals surface area contributed by atoms with Gasteiger partial charge in [0.15, 0.2) is 0 Å². The zero-order valence-corrected chi connectivity index (χ0v) is 10.6. The van der Waals surface area contributed by atoms with Gasteiger partial charge in [0.2, 0.25) is 0 Å². The van der Waals surface area contributed by atoms with Crippen LogP contribution in [0.5, 0.6) is 0 Å². The third kappa shape index (κ3) is 2.60. The number of nitrogens with zero attached hydrogens (tertiary/aromatic N) is 1. The first-order valence-corrected chi connectivity index (χ1v) is 6.56. The highest BCUT2D eigenvalue weighted by Crippen LogP contribution is 2.28. The van der Waals surface area contributed by atoms with Crippen molar-refractivity contribution in [1.29, 1.82) is 0 Å². The van der Waals surface area contributed by atoms with Crippen LogP contribution in [-0.2, 0) is 4.74 Å². The Balaban J connectivity index is 2.07. The van der Waals surface area contributed by atoms with Gasteiger partial charge in [-0.2, -0.15) is 0 Å². The molecule has 0 bridgehead atoms. The second kappa shape index (κ2) is 5.41. The molecule has 1 aromatic heterocycles. The summed E-state index contributed by atoms with van der Waals surface area (Å²) in [5.41, 5.74) is 1.12. The van der Waals surface area contributed by atoms with Crippen molar-refractivity contribution in [2.45, 2.75) is 26.2 Å². The highest BCUT2D eigenvalue weighted by Gasteiger charge is 2.10. The van der Waals surface area contributed by atoms with Crippen molar-refractivity contribution in [3.63, 3.8) is 0 Å². The average molecular weight is 235 g/mol. The summed E-state index contributed by atoms with van der Waals surface area (Å²) in [6, 6.07) is 8.31. The molecule has 0 aliphatic heterocycles. The Kier molecular flexibility index (Phi) is 3.91. The Labute approximate surface area is 100 Å². The number of thiazole rings is 1. The molecule has 2 nitrogen and oxygen atoms in total. The van der Waals surface area contributed by atoms with Crippen LogP contribution in [0.4, 0.5) is 0 Å². The van der Waals surface area contributed by atoms with Gasteiger partial charge in [-0.15, -0.1) is 11.3 Å². The molecule has 0 fully saturated rings. The molecule has 1 heterocycles. The Morgan fingerprint density at radius 2 is 2.19 bits per heavy atom. The molecular formula is C13H17NOS.